The van der Waals surface area contributed by atoms with E-state index in [4.69, 9.17) is 9.47 Å². The molecule has 1 unspecified atom stereocenters. The third-order valence-corrected chi connectivity index (χ3v) is 5.32. The maximum Gasteiger partial charge on any atom is 0.410 e. The molecule has 8 nitrogen and oxygen atoms in total. The van der Waals surface area contributed by atoms with Crippen molar-refractivity contribution in [3.63, 3.8) is 0 Å². The highest BCUT2D eigenvalue weighted by Gasteiger charge is 2.34. The molecule has 1 aromatic rings. The number of benzene rings is 1. The van der Waals surface area contributed by atoms with Crippen molar-refractivity contribution in [3.8, 4) is 0 Å². The fourth-order valence-electron chi connectivity index (χ4n) is 3.82. The predicted octanol–water partition coefficient (Wildman–Crippen LogP) is 0.599. The van der Waals surface area contributed by atoms with Crippen LogP contribution in [0.4, 0.5) is 4.79 Å². The first-order valence-electron chi connectivity index (χ1n) is 9.25. The second-order valence-corrected chi connectivity index (χ2v) is 7.07. The molecule has 3 aliphatic rings. The van der Waals surface area contributed by atoms with Gasteiger partial charge in [0.05, 0.1) is 25.8 Å². The zero-order valence-electron chi connectivity index (χ0n) is 15.1. The summed E-state index contributed by atoms with van der Waals surface area (Å²) in [5, 5.41) is 0. The number of fused-ring (bicyclic) bond motifs is 1. The van der Waals surface area contributed by atoms with Crippen LogP contribution in [0.15, 0.2) is 24.3 Å². The lowest BCUT2D eigenvalue weighted by molar-refractivity contribution is -0.144. The first kappa shape index (κ1) is 17.8. The number of hydrogen-bond acceptors (Lipinski definition) is 5. The molecule has 27 heavy (non-hydrogen) atoms. The van der Waals surface area contributed by atoms with Crippen LogP contribution in [0.2, 0.25) is 0 Å². The highest BCUT2D eigenvalue weighted by Crippen LogP contribution is 2.24. The van der Waals surface area contributed by atoms with E-state index in [1.807, 2.05) is 29.2 Å². The molecule has 8 heteroatoms. The summed E-state index contributed by atoms with van der Waals surface area (Å²) < 4.78 is 10.4. The van der Waals surface area contributed by atoms with Crippen molar-refractivity contribution < 1.29 is 23.9 Å². The summed E-state index contributed by atoms with van der Waals surface area (Å²) in [5.74, 6) is -0.153. The lowest BCUT2D eigenvalue weighted by Gasteiger charge is -2.36. The third-order valence-electron chi connectivity index (χ3n) is 5.32. The molecular formula is C19H23N3O5. The van der Waals surface area contributed by atoms with Gasteiger partial charge in [0, 0.05) is 26.1 Å². The van der Waals surface area contributed by atoms with E-state index >= 15 is 0 Å². The van der Waals surface area contributed by atoms with Crippen molar-refractivity contribution in [3.05, 3.63) is 35.4 Å². The van der Waals surface area contributed by atoms with Gasteiger partial charge >= 0.3 is 6.09 Å². The number of cyclic esters (lactones) is 1. The first-order chi connectivity index (χ1) is 13.1. The Labute approximate surface area is 157 Å². The Bertz CT molecular complexity index is 728. The van der Waals surface area contributed by atoms with Crippen molar-refractivity contribution in [1.29, 1.82) is 0 Å². The van der Waals surface area contributed by atoms with Crippen LogP contribution >= 0.6 is 0 Å². The van der Waals surface area contributed by atoms with Gasteiger partial charge in [0.2, 0.25) is 11.8 Å². The molecule has 4 rings (SSSR count). The van der Waals surface area contributed by atoms with Crippen molar-refractivity contribution in [2.45, 2.75) is 25.6 Å². The quantitative estimate of drug-likeness (QED) is 0.772. The van der Waals surface area contributed by atoms with E-state index in [0.29, 0.717) is 46.0 Å². The smallest absolute Gasteiger partial charge is 0.410 e. The minimum Gasteiger partial charge on any atom is -0.448 e. The summed E-state index contributed by atoms with van der Waals surface area (Å²) >= 11 is 0. The SMILES string of the molecule is O=C(CC1COCCN1C(=O)CN1CCOC1=O)N1Cc2ccccc2C1. The van der Waals surface area contributed by atoms with Gasteiger partial charge in [-0.15, -0.1) is 0 Å². The van der Waals surface area contributed by atoms with E-state index in [1.54, 1.807) is 4.90 Å². The average Bonchev–Trinajstić information content (AvgIpc) is 3.28. The van der Waals surface area contributed by atoms with Gasteiger partial charge < -0.3 is 19.3 Å². The first-order valence-corrected chi connectivity index (χ1v) is 9.25. The van der Waals surface area contributed by atoms with Crippen LogP contribution in [0.1, 0.15) is 17.5 Å². The van der Waals surface area contributed by atoms with Gasteiger partial charge in [0.25, 0.3) is 0 Å². The monoisotopic (exact) mass is 373 g/mol. The zero-order valence-corrected chi connectivity index (χ0v) is 15.1. The summed E-state index contributed by atoms with van der Waals surface area (Å²) in [6.07, 6.45) is -0.233. The van der Waals surface area contributed by atoms with Gasteiger partial charge in [-0.1, -0.05) is 24.3 Å². The van der Waals surface area contributed by atoms with Gasteiger partial charge in [-0.3, -0.25) is 14.5 Å². The molecule has 1 atom stereocenters. The topological polar surface area (TPSA) is 79.4 Å². The Hall–Kier alpha value is -2.61. The second-order valence-electron chi connectivity index (χ2n) is 7.07. The second kappa shape index (κ2) is 7.56. The van der Waals surface area contributed by atoms with Gasteiger partial charge in [-0.05, 0) is 11.1 Å². The Morgan fingerprint density at radius 2 is 1.78 bits per heavy atom. The average molecular weight is 373 g/mol. The van der Waals surface area contributed by atoms with Crippen LogP contribution < -0.4 is 0 Å². The minimum atomic E-state index is -0.459. The van der Waals surface area contributed by atoms with E-state index in [9.17, 15) is 14.4 Å². The van der Waals surface area contributed by atoms with E-state index in [2.05, 4.69) is 0 Å². The maximum atomic E-state index is 12.8. The van der Waals surface area contributed by atoms with Crippen molar-refractivity contribution in [2.75, 3.05) is 39.5 Å². The van der Waals surface area contributed by atoms with E-state index < -0.39 is 6.09 Å². The summed E-state index contributed by atoms with van der Waals surface area (Å²) in [6.45, 7) is 3.14. The molecular weight excluding hydrogens is 350 g/mol. The van der Waals surface area contributed by atoms with Gasteiger partial charge in [0.1, 0.15) is 13.2 Å². The van der Waals surface area contributed by atoms with E-state index in [-0.39, 0.29) is 30.8 Å². The fraction of sp³-hybridized carbons (Fsp3) is 0.526. The molecule has 2 saturated heterocycles. The van der Waals surface area contributed by atoms with Gasteiger partial charge in [-0.2, -0.15) is 0 Å². The largest absolute Gasteiger partial charge is 0.448 e. The van der Waals surface area contributed by atoms with Gasteiger partial charge in [0.15, 0.2) is 0 Å². The molecule has 3 heterocycles. The Kier molecular flexibility index (Phi) is 4.98. The molecule has 0 aliphatic carbocycles. The number of rotatable bonds is 4. The van der Waals surface area contributed by atoms with Crippen LogP contribution in [0.25, 0.3) is 0 Å². The highest BCUT2D eigenvalue weighted by atomic mass is 16.6. The number of morpholine rings is 1. The predicted molar refractivity (Wildman–Crippen MR) is 94.6 cm³/mol. The Morgan fingerprint density at radius 3 is 2.44 bits per heavy atom. The van der Waals surface area contributed by atoms with Crippen LogP contribution in [0.5, 0.6) is 0 Å². The summed E-state index contributed by atoms with van der Waals surface area (Å²) in [5.41, 5.74) is 2.34. The summed E-state index contributed by atoms with van der Waals surface area (Å²) in [7, 11) is 0. The fourth-order valence-corrected chi connectivity index (χ4v) is 3.82. The van der Waals surface area contributed by atoms with Crippen LogP contribution in [0, 0.1) is 0 Å². The molecule has 2 fully saturated rings. The third kappa shape index (κ3) is 3.75. The van der Waals surface area contributed by atoms with Gasteiger partial charge in [-0.25, -0.2) is 4.79 Å². The zero-order chi connectivity index (χ0) is 18.8. The highest BCUT2D eigenvalue weighted by molar-refractivity contribution is 5.84. The molecule has 0 aromatic heterocycles. The number of ether oxygens (including phenoxy) is 2. The Balaban J connectivity index is 1.37. The maximum absolute atomic E-state index is 12.8. The van der Waals surface area contributed by atoms with Crippen molar-refractivity contribution in [1.82, 2.24) is 14.7 Å². The normalized spacial score (nSPS) is 22.0. The lowest BCUT2D eigenvalue weighted by atomic mass is 10.1. The molecule has 0 N–H and O–H groups in total. The number of carbonyl (C=O) groups excluding carboxylic acids is 3. The number of carbonyl (C=O) groups is 3. The van der Waals surface area contributed by atoms with E-state index in [0.717, 1.165) is 0 Å². The van der Waals surface area contributed by atoms with Crippen molar-refractivity contribution in [2.24, 2.45) is 0 Å². The number of hydrogen-bond donors (Lipinski definition) is 0. The van der Waals surface area contributed by atoms with Crippen LogP contribution in [-0.2, 0) is 32.2 Å². The minimum absolute atomic E-state index is 0.0140. The molecule has 1 aromatic carbocycles. The molecule has 3 aliphatic heterocycles. The molecule has 0 saturated carbocycles. The standard InChI is InChI=1S/C19H23N3O5/c23-17(21-10-14-3-1-2-4-15(14)11-21)9-16-13-26-7-6-22(16)18(24)12-20-5-8-27-19(20)25/h1-4,16H,5-13H2. The summed E-state index contributed by atoms with van der Waals surface area (Å²) in [4.78, 5) is 42.0. The Morgan fingerprint density at radius 1 is 1.04 bits per heavy atom. The summed E-state index contributed by atoms with van der Waals surface area (Å²) in [6, 6.07) is 7.73. The molecule has 0 spiro atoms. The van der Waals surface area contributed by atoms with Crippen LogP contribution in [-0.4, -0.2) is 78.1 Å². The molecule has 0 radical (unpaired) electrons. The molecule has 144 valence electrons. The van der Waals surface area contributed by atoms with Crippen molar-refractivity contribution >= 4 is 17.9 Å². The molecule has 0 bridgehead atoms. The van der Waals surface area contributed by atoms with Crippen LogP contribution in [0.3, 0.4) is 0 Å². The number of nitrogens with zero attached hydrogens (tertiary/aromatic N) is 3. The van der Waals surface area contributed by atoms with E-state index in [1.165, 1.54) is 16.0 Å². The lowest BCUT2D eigenvalue weighted by Crippen LogP contribution is -2.53. The molecule has 3 amide bonds. The number of amides is 3.